The molecule has 2 unspecified atom stereocenters. The SMILES string of the molecule is CN=CC(=CN)c1ccc2c(c1)CC(C)N(c1ccc(C3CC3)cc1)C2c1ccc(/C=C/C(=O)O)cc1. The summed E-state index contributed by atoms with van der Waals surface area (Å²) in [5.74, 6) is -0.222. The van der Waals surface area contributed by atoms with Gasteiger partial charge in [0.05, 0.1) is 6.04 Å². The summed E-state index contributed by atoms with van der Waals surface area (Å²) in [4.78, 5) is 17.6. The van der Waals surface area contributed by atoms with E-state index in [-0.39, 0.29) is 12.1 Å². The van der Waals surface area contributed by atoms with Crippen LogP contribution in [-0.2, 0) is 11.2 Å². The molecule has 0 amide bonds. The number of aliphatic carboxylic acids is 1. The molecule has 2 atom stereocenters. The molecule has 3 N–H and O–H groups in total. The van der Waals surface area contributed by atoms with Crippen LogP contribution in [0.4, 0.5) is 5.69 Å². The predicted molar refractivity (Wildman–Crippen MR) is 152 cm³/mol. The van der Waals surface area contributed by atoms with Gasteiger partial charge in [-0.2, -0.15) is 0 Å². The van der Waals surface area contributed by atoms with Gasteiger partial charge in [0, 0.05) is 42.8 Å². The van der Waals surface area contributed by atoms with Gasteiger partial charge in [0.1, 0.15) is 0 Å². The number of carbonyl (C=O) groups is 1. The highest BCUT2D eigenvalue weighted by Crippen LogP contribution is 2.44. The second-order valence-electron chi connectivity index (χ2n) is 9.99. The molecule has 3 aromatic rings. The van der Waals surface area contributed by atoms with Crippen LogP contribution in [0.2, 0.25) is 0 Å². The van der Waals surface area contributed by atoms with Gasteiger partial charge in [-0.3, -0.25) is 4.99 Å². The number of aliphatic imine (C=N–C) groups is 1. The quantitative estimate of drug-likeness (QED) is 0.305. The molecule has 5 nitrogen and oxygen atoms in total. The highest BCUT2D eigenvalue weighted by molar-refractivity contribution is 6.09. The molecular weight excluding hydrogens is 458 g/mol. The molecule has 1 aliphatic carbocycles. The second kappa shape index (κ2) is 10.5. The van der Waals surface area contributed by atoms with Crippen LogP contribution in [0.15, 0.2) is 84.0 Å². The Morgan fingerprint density at radius 3 is 2.35 bits per heavy atom. The summed E-state index contributed by atoms with van der Waals surface area (Å²) in [6.45, 7) is 2.29. The molecule has 1 fully saturated rings. The summed E-state index contributed by atoms with van der Waals surface area (Å²) in [6, 6.07) is 24.2. The lowest BCUT2D eigenvalue weighted by atomic mass is 9.83. The van der Waals surface area contributed by atoms with E-state index in [1.807, 2.05) is 12.1 Å². The van der Waals surface area contributed by atoms with Gasteiger partial charge in [-0.1, -0.05) is 54.6 Å². The van der Waals surface area contributed by atoms with Crippen molar-refractivity contribution < 1.29 is 9.90 Å². The topological polar surface area (TPSA) is 78.9 Å². The summed E-state index contributed by atoms with van der Waals surface area (Å²) in [6.07, 6.45) is 9.71. The van der Waals surface area contributed by atoms with Crippen molar-refractivity contribution in [3.05, 3.63) is 112 Å². The van der Waals surface area contributed by atoms with Crippen molar-refractivity contribution in [3.8, 4) is 0 Å². The number of hydrogen-bond donors (Lipinski definition) is 2. The molecule has 0 saturated heterocycles. The number of rotatable bonds is 7. The van der Waals surface area contributed by atoms with Gasteiger partial charge in [-0.15, -0.1) is 0 Å². The first-order valence-corrected chi connectivity index (χ1v) is 12.8. The largest absolute Gasteiger partial charge is 0.478 e. The van der Waals surface area contributed by atoms with Crippen molar-refractivity contribution in [1.29, 1.82) is 0 Å². The van der Waals surface area contributed by atoms with E-state index in [1.165, 1.54) is 46.9 Å². The predicted octanol–water partition coefficient (Wildman–Crippen LogP) is 6.20. The minimum absolute atomic E-state index is 0.0298. The second-order valence-corrected chi connectivity index (χ2v) is 9.99. The minimum atomic E-state index is -0.949. The first kappa shape index (κ1) is 24.6. The Bertz CT molecular complexity index is 1370. The highest BCUT2D eigenvalue weighted by Gasteiger charge is 2.34. The number of nitrogens with two attached hydrogens (primary N) is 1. The lowest BCUT2D eigenvalue weighted by molar-refractivity contribution is -0.131. The van der Waals surface area contributed by atoms with Gasteiger partial charge in [-0.25, -0.2) is 4.79 Å². The standard InChI is InChI=1S/C32H33N3O2/c1-21-17-27-18-26(28(19-33)20-34-2)12-15-30(27)32(25-6-3-22(4-7-25)5-16-31(36)37)35(21)29-13-10-24(11-14-29)23-8-9-23/h3-7,10-16,18-21,23,32H,8-9,17,33H2,1-2H3,(H,36,37)/b16-5+,28-19?,34-20?. The first-order chi connectivity index (χ1) is 18.0. The Balaban J connectivity index is 1.58. The van der Waals surface area contributed by atoms with Crippen LogP contribution in [0.3, 0.4) is 0 Å². The molecule has 1 heterocycles. The molecule has 5 rings (SSSR count). The van der Waals surface area contributed by atoms with E-state index < -0.39 is 5.97 Å². The molecule has 5 heteroatoms. The van der Waals surface area contributed by atoms with Crippen LogP contribution in [-0.4, -0.2) is 30.4 Å². The Morgan fingerprint density at radius 1 is 1.03 bits per heavy atom. The van der Waals surface area contributed by atoms with Crippen LogP contribution in [0.5, 0.6) is 0 Å². The van der Waals surface area contributed by atoms with Crippen LogP contribution < -0.4 is 10.6 Å². The fourth-order valence-electron chi connectivity index (χ4n) is 5.44. The average molecular weight is 492 g/mol. The molecule has 1 saturated carbocycles. The van der Waals surface area contributed by atoms with Gasteiger partial charge in [0.25, 0.3) is 0 Å². The number of carboxylic acid groups (broad SMARTS) is 1. The third kappa shape index (κ3) is 5.21. The zero-order valence-electron chi connectivity index (χ0n) is 21.3. The van der Waals surface area contributed by atoms with Crippen molar-refractivity contribution in [3.63, 3.8) is 0 Å². The number of fused-ring (bicyclic) bond motifs is 1. The van der Waals surface area contributed by atoms with E-state index in [4.69, 9.17) is 10.8 Å². The number of benzene rings is 3. The fraction of sp³-hybridized carbons (Fsp3) is 0.250. The van der Waals surface area contributed by atoms with Gasteiger partial charge < -0.3 is 15.7 Å². The normalized spacial score (nSPS) is 19.9. The smallest absolute Gasteiger partial charge is 0.328 e. The lowest BCUT2D eigenvalue weighted by Crippen LogP contribution is -2.43. The summed E-state index contributed by atoms with van der Waals surface area (Å²) in [7, 11) is 1.75. The molecule has 2 aliphatic rings. The van der Waals surface area contributed by atoms with Gasteiger partial charge in [0.2, 0.25) is 0 Å². The molecule has 0 aromatic heterocycles. The highest BCUT2D eigenvalue weighted by atomic mass is 16.4. The zero-order chi connectivity index (χ0) is 25.9. The Labute approximate surface area is 218 Å². The number of carboxylic acids is 1. The molecular formula is C32H33N3O2. The van der Waals surface area contributed by atoms with E-state index >= 15 is 0 Å². The number of nitrogens with zero attached hydrogens (tertiary/aromatic N) is 2. The molecule has 3 aromatic carbocycles. The molecule has 0 bridgehead atoms. The lowest BCUT2D eigenvalue weighted by Gasteiger charge is -2.44. The number of allylic oxidation sites excluding steroid dienone is 1. The molecule has 188 valence electrons. The van der Waals surface area contributed by atoms with Crippen molar-refractivity contribution >= 4 is 29.5 Å². The van der Waals surface area contributed by atoms with E-state index in [9.17, 15) is 4.79 Å². The van der Waals surface area contributed by atoms with E-state index in [1.54, 1.807) is 25.5 Å². The molecule has 0 radical (unpaired) electrons. The maximum atomic E-state index is 11.0. The van der Waals surface area contributed by atoms with Gasteiger partial charge in [-0.05, 0) is 83.7 Å². The minimum Gasteiger partial charge on any atom is -0.478 e. The first-order valence-electron chi connectivity index (χ1n) is 12.8. The summed E-state index contributed by atoms with van der Waals surface area (Å²) < 4.78 is 0. The van der Waals surface area contributed by atoms with Crippen LogP contribution in [0.1, 0.15) is 65.1 Å². The van der Waals surface area contributed by atoms with E-state index in [0.717, 1.165) is 29.0 Å². The monoisotopic (exact) mass is 491 g/mol. The Kier molecular flexibility index (Phi) is 6.95. The summed E-state index contributed by atoms with van der Waals surface area (Å²) in [5, 5.41) is 8.99. The number of anilines is 1. The van der Waals surface area contributed by atoms with Crippen LogP contribution in [0.25, 0.3) is 11.6 Å². The third-order valence-electron chi connectivity index (χ3n) is 7.40. The Hall–Kier alpha value is -4.12. The Morgan fingerprint density at radius 2 is 1.73 bits per heavy atom. The van der Waals surface area contributed by atoms with Crippen molar-refractivity contribution in [2.24, 2.45) is 10.7 Å². The maximum Gasteiger partial charge on any atom is 0.328 e. The maximum absolute atomic E-state index is 11.0. The van der Waals surface area contributed by atoms with Crippen molar-refractivity contribution in [1.82, 2.24) is 0 Å². The van der Waals surface area contributed by atoms with Crippen LogP contribution in [0, 0.1) is 0 Å². The van der Waals surface area contributed by atoms with E-state index in [2.05, 4.69) is 71.4 Å². The average Bonchev–Trinajstić information content (AvgIpc) is 3.76. The van der Waals surface area contributed by atoms with Crippen molar-refractivity contribution in [2.75, 3.05) is 11.9 Å². The van der Waals surface area contributed by atoms with E-state index in [0.29, 0.717) is 0 Å². The third-order valence-corrected chi connectivity index (χ3v) is 7.40. The van der Waals surface area contributed by atoms with Gasteiger partial charge >= 0.3 is 5.97 Å². The van der Waals surface area contributed by atoms with Gasteiger partial charge in [0.15, 0.2) is 0 Å². The molecule has 0 spiro atoms. The summed E-state index contributed by atoms with van der Waals surface area (Å²) in [5.41, 5.74) is 15.1. The zero-order valence-corrected chi connectivity index (χ0v) is 21.3. The summed E-state index contributed by atoms with van der Waals surface area (Å²) >= 11 is 0. The van der Waals surface area contributed by atoms with Crippen molar-refractivity contribution in [2.45, 2.75) is 44.2 Å². The fourth-order valence-corrected chi connectivity index (χ4v) is 5.44. The van der Waals surface area contributed by atoms with Crippen LogP contribution >= 0.6 is 0 Å². The molecule has 1 aliphatic heterocycles. The molecule has 37 heavy (non-hydrogen) atoms. The number of hydrogen-bond acceptors (Lipinski definition) is 4.